The van der Waals surface area contributed by atoms with Crippen LogP contribution in [0.5, 0.6) is 0 Å². The van der Waals surface area contributed by atoms with Crippen molar-refractivity contribution in [1.82, 2.24) is 0 Å². The highest BCUT2D eigenvalue weighted by atomic mass is 35.5. The highest BCUT2D eigenvalue weighted by molar-refractivity contribution is 6.31. The third kappa shape index (κ3) is 3.90. The number of benzene rings is 1. The second kappa shape index (κ2) is 6.23. The SMILES string of the molecule is NCc1ccc(N(CC(N)=O)CC(N)=O)cc1Cl. The molecule has 0 fully saturated rings. The first-order valence-electron chi connectivity index (χ1n) is 5.24. The van der Waals surface area contributed by atoms with Gasteiger partial charge >= 0.3 is 0 Å². The molecular formula is C11H15ClN4O2. The number of anilines is 1. The molecule has 7 heteroatoms. The van der Waals surface area contributed by atoms with Gasteiger partial charge in [-0.3, -0.25) is 9.59 Å². The van der Waals surface area contributed by atoms with Crippen LogP contribution in [0, 0.1) is 0 Å². The molecule has 0 aromatic heterocycles. The molecule has 2 amide bonds. The lowest BCUT2D eigenvalue weighted by atomic mass is 10.2. The molecular weight excluding hydrogens is 256 g/mol. The molecule has 0 heterocycles. The smallest absolute Gasteiger partial charge is 0.236 e. The fourth-order valence-corrected chi connectivity index (χ4v) is 1.77. The topological polar surface area (TPSA) is 115 Å². The molecule has 1 aromatic carbocycles. The lowest BCUT2D eigenvalue weighted by molar-refractivity contribution is -0.117. The van der Waals surface area contributed by atoms with Gasteiger partial charge in [-0.1, -0.05) is 17.7 Å². The summed E-state index contributed by atoms with van der Waals surface area (Å²) in [4.78, 5) is 23.4. The summed E-state index contributed by atoms with van der Waals surface area (Å²) >= 11 is 6.01. The number of hydrogen-bond acceptors (Lipinski definition) is 4. The molecule has 0 bridgehead atoms. The van der Waals surface area contributed by atoms with Gasteiger partial charge in [-0.25, -0.2) is 0 Å². The number of primary amides is 2. The second-order valence-electron chi connectivity index (χ2n) is 3.77. The van der Waals surface area contributed by atoms with Crippen LogP contribution in [0.2, 0.25) is 5.02 Å². The summed E-state index contributed by atoms with van der Waals surface area (Å²) in [6.45, 7) is 0.0905. The fraction of sp³-hybridized carbons (Fsp3) is 0.273. The van der Waals surface area contributed by atoms with Crippen LogP contribution in [-0.4, -0.2) is 24.9 Å². The van der Waals surface area contributed by atoms with E-state index in [0.717, 1.165) is 5.56 Å². The molecule has 0 saturated carbocycles. The van der Waals surface area contributed by atoms with Crippen molar-refractivity contribution in [2.45, 2.75) is 6.54 Å². The molecule has 0 atom stereocenters. The summed E-state index contributed by atoms with van der Waals surface area (Å²) in [7, 11) is 0. The third-order valence-electron chi connectivity index (χ3n) is 2.32. The minimum absolute atomic E-state index is 0.110. The number of carbonyl (C=O) groups excluding carboxylic acids is 2. The molecule has 0 aliphatic carbocycles. The maximum absolute atomic E-state index is 10.9. The summed E-state index contributed by atoms with van der Waals surface area (Å²) < 4.78 is 0. The van der Waals surface area contributed by atoms with Gasteiger partial charge in [0.2, 0.25) is 11.8 Å². The van der Waals surface area contributed by atoms with Crippen molar-refractivity contribution in [3.63, 3.8) is 0 Å². The Labute approximate surface area is 110 Å². The van der Waals surface area contributed by atoms with Crippen molar-refractivity contribution in [3.8, 4) is 0 Å². The van der Waals surface area contributed by atoms with Crippen LogP contribution in [0.25, 0.3) is 0 Å². The highest BCUT2D eigenvalue weighted by Gasteiger charge is 2.13. The van der Waals surface area contributed by atoms with Crippen LogP contribution < -0.4 is 22.1 Å². The average Bonchev–Trinajstić information content (AvgIpc) is 2.26. The fourth-order valence-electron chi connectivity index (χ4n) is 1.51. The molecule has 18 heavy (non-hydrogen) atoms. The van der Waals surface area contributed by atoms with Crippen molar-refractivity contribution >= 4 is 29.1 Å². The Morgan fingerprint density at radius 1 is 1.17 bits per heavy atom. The number of carbonyl (C=O) groups is 2. The number of nitrogens with zero attached hydrogens (tertiary/aromatic N) is 1. The van der Waals surface area contributed by atoms with Gasteiger partial charge in [0, 0.05) is 17.3 Å². The molecule has 0 aliphatic heterocycles. The highest BCUT2D eigenvalue weighted by Crippen LogP contribution is 2.23. The Bertz CT molecular complexity index is 448. The zero-order chi connectivity index (χ0) is 13.7. The molecule has 0 spiro atoms. The molecule has 0 radical (unpaired) electrons. The average molecular weight is 271 g/mol. The molecule has 0 saturated heterocycles. The first-order chi connectivity index (χ1) is 8.43. The Kier molecular flexibility index (Phi) is 4.94. The van der Waals surface area contributed by atoms with Crippen LogP contribution in [0.3, 0.4) is 0 Å². The van der Waals surface area contributed by atoms with Crippen molar-refractivity contribution in [2.75, 3.05) is 18.0 Å². The Morgan fingerprint density at radius 3 is 2.11 bits per heavy atom. The summed E-state index contributed by atoms with van der Waals surface area (Å²) in [6.07, 6.45) is 0. The number of nitrogens with two attached hydrogens (primary N) is 3. The van der Waals surface area contributed by atoms with Crippen LogP contribution in [0.1, 0.15) is 5.56 Å². The summed E-state index contributed by atoms with van der Waals surface area (Å²) in [5.74, 6) is -1.12. The van der Waals surface area contributed by atoms with E-state index >= 15 is 0 Å². The van der Waals surface area contributed by atoms with Gasteiger partial charge in [0.05, 0.1) is 13.1 Å². The van der Waals surface area contributed by atoms with Gasteiger partial charge < -0.3 is 22.1 Å². The number of rotatable bonds is 6. The Balaban J connectivity index is 3.00. The maximum Gasteiger partial charge on any atom is 0.236 e. The maximum atomic E-state index is 10.9. The van der Waals surface area contributed by atoms with E-state index in [2.05, 4.69) is 0 Å². The van der Waals surface area contributed by atoms with E-state index in [4.69, 9.17) is 28.8 Å². The van der Waals surface area contributed by atoms with Crippen molar-refractivity contribution in [2.24, 2.45) is 17.2 Å². The van der Waals surface area contributed by atoms with Gasteiger partial charge in [-0.2, -0.15) is 0 Å². The van der Waals surface area contributed by atoms with Crippen molar-refractivity contribution in [3.05, 3.63) is 28.8 Å². The van der Waals surface area contributed by atoms with Crippen LogP contribution >= 0.6 is 11.6 Å². The van der Waals surface area contributed by atoms with E-state index < -0.39 is 11.8 Å². The molecule has 98 valence electrons. The third-order valence-corrected chi connectivity index (χ3v) is 2.67. The van der Waals surface area contributed by atoms with Crippen LogP contribution in [0.4, 0.5) is 5.69 Å². The number of hydrogen-bond donors (Lipinski definition) is 3. The minimum atomic E-state index is -0.560. The monoisotopic (exact) mass is 270 g/mol. The van der Waals surface area contributed by atoms with E-state index in [1.807, 2.05) is 0 Å². The van der Waals surface area contributed by atoms with Gasteiger partial charge in [0.25, 0.3) is 0 Å². The van der Waals surface area contributed by atoms with Gasteiger partial charge in [-0.05, 0) is 17.7 Å². The van der Waals surface area contributed by atoms with Gasteiger partial charge in [0.15, 0.2) is 0 Å². The first-order valence-corrected chi connectivity index (χ1v) is 5.62. The normalized spacial score (nSPS) is 10.1. The van der Waals surface area contributed by atoms with Gasteiger partial charge in [0.1, 0.15) is 0 Å². The van der Waals surface area contributed by atoms with Crippen molar-refractivity contribution in [1.29, 1.82) is 0 Å². The first kappa shape index (κ1) is 14.3. The zero-order valence-electron chi connectivity index (χ0n) is 9.73. The van der Waals surface area contributed by atoms with Crippen molar-refractivity contribution < 1.29 is 9.59 Å². The second-order valence-corrected chi connectivity index (χ2v) is 4.18. The summed E-state index contributed by atoms with van der Waals surface area (Å²) in [6, 6.07) is 5.06. The Hall–Kier alpha value is -1.79. The van der Waals surface area contributed by atoms with E-state index in [1.165, 1.54) is 4.90 Å². The largest absolute Gasteiger partial charge is 0.368 e. The lowest BCUT2D eigenvalue weighted by Gasteiger charge is -2.22. The predicted molar refractivity (Wildman–Crippen MR) is 69.9 cm³/mol. The van der Waals surface area contributed by atoms with Gasteiger partial charge in [-0.15, -0.1) is 0 Å². The van der Waals surface area contributed by atoms with Crippen LogP contribution in [-0.2, 0) is 16.1 Å². The zero-order valence-corrected chi connectivity index (χ0v) is 10.5. The number of amides is 2. The lowest BCUT2D eigenvalue weighted by Crippen LogP contribution is -2.39. The Morgan fingerprint density at radius 2 is 1.72 bits per heavy atom. The number of halogens is 1. The molecule has 0 aliphatic rings. The molecule has 0 unspecified atom stereocenters. The summed E-state index contributed by atoms with van der Waals surface area (Å²) in [5.41, 5.74) is 17.1. The molecule has 1 aromatic rings. The van der Waals surface area contributed by atoms with E-state index in [-0.39, 0.29) is 13.1 Å². The molecule has 1 rings (SSSR count). The van der Waals surface area contributed by atoms with E-state index in [0.29, 0.717) is 17.3 Å². The van der Waals surface area contributed by atoms with E-state index in [1.54, 1.807) is 18.2 Å². The predicted octanol–water partition coefficient (Wildman–Crippen LogP) is -0.424. The minimum Gasteiger partial charge on any atom is -0.368 e. The van der Waals surface area contributed by atoms with E-state index in [9.17, 15) is 9.59 Å². The quantitative estimate of drug-likeness (QED) is 0.651. The molecule has 6 nitrogen and oxygen atoms in total. The summed E-state index contributed by atoms with van der Waals surface area (Å²) in [5, 5.41) is 0.467. The molecule has 6 N–H and O–H groups in total. The van der Waals surface area contributed by atoms with Crippen LogP contribution in [0.15, 0.2) is 18.2 Å². The standard InChI is InChI=1S/C11H15ClN4O2/c12-9-3-8(2-1-7(9)4-13)16(5-10(14)17)6-11(15)18/h1-3H,4-6,13H2,(H2,14,17)(H2,15,18).